The van der Waals surface area contributed by atoms with Crippen LogP contribution in [0.5, 0.6) is 0 Å². The van der Waals surface area contributed by atoms with Crippen molar-refractivity contribution in [3.05, 3.63) is 5.69 Å². The molecule has 8 heteroatoms. The van der Waals surface area contributed by atoms with E-state index < -0.39 is 0 Å². The molecule has 3 N–H and O–H groups in total. The van der Waals surface area contributed by atoms with E-state index in [-0.39, 0.29) is 11.4 Å². The van der Waals surface area contributed by atoms with Crippen LogP contribution >= 0.6 is 23.3 Å². The fourth-order valence-corrected chi connectivity index (χ4v) is 3.61. The van der Waals surface area contributed by atoms with Gasteiger partial charge in [-0.2, -0.15) is 11.8 Å². The predicted octanol–water partition coefficient (Wildman–Crippen LogP) is 1.40. The molecule has 1 heterocycles. The summed E-state index contributed by atoms with van der Waals surface area (Å²) in [7, 11) is 1.44. The van der Waals surface area contributed by atoms with Gasteiger partial charge in [-0.05, 0) is 24.0 Å². The highest BCUT2D eigenvalue weighted by atomic mass is 32.2. The Hall–Kier alpha value is -0.860. The number of nitrogens with one attached hydrogen (secondary N) is 1. The number of methoxy groups -OCH3 is 1. The Labute approximate surface area is 114 Å². The third-order valence-electron chi connectivity index (χ3n) is 3.04. The number of esters is 1. The highest BCUT2D eigenvalue weighted by molar-refractivity contribution is 7.98. The zero-order chi connectivity index (χ0) is 13.0. The van der Waals surface area contributed by atoms with Crippen LogP contribution in [0.1, 0.15) is 25.0 Å². The molecule has 0 radical (unpaired) electrons. The highest BCUT2D eigenvalue weighted by Gasteiger charge is 2.44. The van der Waals surface area contributed by atoms with Crippen molar-refractivity contribution < 1.29 is 9.53 Å². The van der Waals surface area contributed by atoms with E-state index in [4.69, 9.17) is 10.6 Å². The van der Waals surface area contributed by atoms with E-state index in [9.17, 15) is 4.79 Å². The van der Waals surface area contributed by atoms with E-state index in [2.05, 4.69) is 15.0 Å². The summed E-state index contributed by atoms with van der Waals surface area (Å²) in [6.07, 6.45) is 2.73. The van der Waals surface area contributed by atoms with Crippen molar-refractivity contribution in [2.45, 2.75) is 25.0 Å². The number of rotatable bonds is 7. The maximum absolute atomic E-state index is 11.3. The number of ether oxygens (including phenoxy) is 1. The molecule has 1 aromatic heterocycles. The third-order valence-corrected chi connectivity index (χ3v) is 5.03. The lowest BCUT2D eigenvalue weighted by Gasteiger charge is -2.12. The molecule has 1 fully saturated rings. The summed E-state index contributed by atoms with van der Waals surface area (Å²) in [5.74, 6) is 6.95. The second kappa shape index (κ2) is 5.85. The van der Waals surface area contributed by atoms with Gasteiger partial charge in [-0.3, -0.25) is 4.79 Å². The molecular weight excluding hydrogens is 272 g/mol. The van der Waals surface area contributed by atoms with Gasteiger partial charge >= 0.3 is 5.97 Å². The number of aromatic nitrogens is 2. The molecule has 18 heavy (non-hydrogen) atoms. The Morgan fingerprint density at radius 1 is 1.67 bits per heavy atom. The molecule has 0 amide bonds. The van der Waals surface area contributed by atoms with Gasteiger partial charge in [0.25, 0.3) is 0 Å². The average molecular weight is 288 g/mol. The van der Waals surface area contributed by atoms with E-state index in [1.54, 1.807) is 11.8 Å². The van der Waals surface area contributed by atoms with Crippen LogP contribution in [0.25, 0.3) is 0 Å². The number of hydrogen-bond acceptors (Lipinski definition) is 8. The summed E-state index contributed by atoms with van der Waals surface area (Å²) in [4.78, 5) is 11.3. The maximum Gasteiger partial charge on any atom is 0.306 e. The summed E-state index contributed by atoms with van der Waals surface area (Å²) >= 11 is 3.02. The van der Waals surface area contributed by atoms with Crippen LogP contribution in [-0.2, 0) is 15.3 Å². The van der Waals surface area contributed by atoms with Crippen molar-refractivity contribution in [2.75, 3.05) is 18.3 Å². The first-order valence-corrected chi connectivity index (χ1v) is 7.54. The van der Waals surface area contributed by atoms with Crippen LogP contribution in [0.15, 0.2) is 0 Å². The number of thioether (sulfide) groups is 1. The Bertz CT molecular complexity index is 420. The molecule has 0 bridgehead atoms. The van der Waals surface area contributed by atoms with Crippen LogP contribution < -0.4 is 11.3 Å². The Morgan fingerprint density at radius 2 is 2.44 bits per heavy atom. The lowest BCUT2D eigenvalue weighted by molar-refractivity contribution is -0.141. The standard InChI is InChI=1S/C10H16N4O2S2/c1-16-8(15)4-10(2-3-10)6-17-5-7-9(12-11)18-14-13-7/h12H,2-6,11H2,1H3. The van der Waals surface area contributed by atoms with Gasteiger partial charge in [-0.25, -0.2) is 5.84 Å². The average Bonchev–Trinajstić information content (AvgIpc) is 2.97. The SMILES string of the molecule is COC(=O)CC1(CSCc2nnsc2NN)CC1. The van der Waals surface area contributed by atoms with Gasteiger partial charge in [0.1, 0.15) is 10.7 Å². The second-order valence-electron chi connectivity index (χ2n) is 4.44. The van der Waals surface area contributed by atoms with Crippen LogP contribution in [0.2, 0.25) is 0 Å². The molecule has 6 nitrogen and oxygen atoms in total. The fraction of sp³-hybridized carbons (Fsp3) is 0.700. The highest BCUT2D eigenvalue weighted by Crippen LogP contribution is 2.51. The molecule has 0 spiro atoms. The molecule has 0 aliphatic heterocycles. The molecule has 1 aliphatic rings. The van der Waals surface area contributed by atoms with Crippen LogP contribution in [0.3, 0.4) is 0 Å². The number of carbonyl (C=O) groups excluding carboxylic acids is 1. The minimum absolute atomic E-state index is 0.118. The van der Waals surface area contributed by atoms with Crippen LogP contribution in [0, 0.1) is 5.41 Å². The number of anilines is 1. The zero-order valence-corrected chi connectivity index (χ0v) is 11.8. The smallest absolute Gasteiger partial charge is 0.306 e. The molecule has 1 saturated carbocycles. The van der Waals surface area contributed by atoms with E-state index in [1.165, 1.54) is 18.6 Å². The normalized spacial score (nSPS) is 16.3. The monoisotopic (exact) mass is 288 g/mol. The van der Waals surface area contributed by atoms with Gasteiger partial charge in [0.05, 0.1) is 13.5 Å². The maximum atomic E-state index is 11.3. The van der Waals surface area contributed by atoms with Crippen molar-refractivity contribution in [1.82, 2.24) is 9.59 Å². The van der Waals surface area contributed by atoms with Gasteiger partial charge < -0.3 is 10.2 Å². The Kier molecular flexibility index (Phi) is 4.41. The molecule has 1 aromatic rings. The van der Waals surface area contributed by atoms with E-state index >= 15 is 0 Å². The van der Waals surface area contributed by atoms with Gasteiger partial charge in [-0.15, -0.1) is 5.10 Å². The number of nitrogen functional groups attached to an aromatic ring is 1. The molecule has 0 aromatic carbocycles. The van der Waals surface area contributed by atoms with Crippen LogP contribution in [0.4, 0.5) is 5.00 Å². The first kappa shape index (κ1) is 13.6. The molecule has 0 saturated heterocycles. The second-order valence-corrected chi connectivity index (χ2v) is 6.18. The molecule has 0 atom stereocenters. The zero-order valence-electron chi connectivity index (χ0n) is 10.1. The molecular formula is C10H16N4O2S2. The largest absolute Gasteiger partial charge is 0.469 e. The van der Waals surface area contributed by atoms with Gasteiger partial charge in [0.2, 0.25) is 0 Å². The summed E-state index contributed by atoms with van der Waals surface area (Å²) in [5.41, 5.74) is 3.61. The number of hydrogen-bond donors (Lipinski definition) is 2. The topological polar surface area (TPSA) is 90.1 Å². The summed E-state index contributed by atoms with van der Waals surface area (Å²) in [5, 5.41) is 4.82. The van der Waals surface area contributed by atoms with Crippen molar-refractivity contribution in [1.29, 1.82) is 0 Å². The minimum atomic E-state index is -0.118. The lowest BCUT2D eigenvalue weighted by atomic mass is 10.1. The minimum Gasteiger partial charge on any atom is -0.469 e. The predicted molar refractivity (Wildman–Crippen MR) is 72.2 cm³/mol. The summed E-state index contributed by atoms with van der Waals surface area (Å²) < 4.78 is 8.57. The van der Waals surface area contributed by atoms with Crippen molar-refractivity contribution in [3.8, 4) is 0 Å². The Morgan fingerprint density at radius 3 is 3.06 bits per heavy atom. The summed E-state index contributed by atoms with van der Waals surface area (Å²) in [6, 6.07) is 0. The van der Waals surface area contributed by atoms with Gasteiger partial charge in [0, 0.05) is 17.3 Å². The lowest BCUT2D eigenvalue weighted by Crippen LogP contribution is -2.13. The number of nitrogens with two attached hydrogens (primary N) is 1. The first-order chi connectivity index (χ1) is 8.69. The van der Waals surface area contributed by atoms with Crippen molar-refractivity contribution >= 4 is 34.3 Å². The van der Waals surface area contributed by atoms with Gasteiger partial charge in [-0.1, -0.05) is 4.49 Å². The molecule has 2 rings (SSSR count). The summed E-state index contributed by atoms with van der Waals surface area (Å²) in [6.45, 7) is 0. The third kappa shape index (κ3) is 3.33. The number of hydrazine groups is 1. The molecule has 0 unspecified atom stereocenters. The number of carbonyl (C=O) groups is 1. The van der Waals surface area contributed by atoms with E-state index in [0.29, 0.717) is 6.42 Å². The van der Waals surface area contributed by atoms with Crippen LogP contribution in [-0.4, -0.2) is 28.4 Å². The Balaban J connectivity index is 1.77. The van der Waals surface area contributed by atoms with E-state index in [1.807, 2.05) is 0 Å². The fourth-order valence-electron chi connectivity index (χ4n) is 1.70. The van der Waals surface area contributed by atoms with E-state index in [0.717, 1.165) is 35.0 Å². The van der Waals surface area contributed by atoms with Crippen molar-refractivity contribution in [3.63, 3.8) is 0 Å². The molecule has 100 valence electrons. The van der Waals surface area contributed by atoms with Gasteiger partial charge in [0.15, 0.2) is 0 Å². The first-order valence-electron chi connectivity index (χ1n) is 5.61. The van der Waals surface area contributed by atoms with Crippen molar-refractivity contribution in [2.24, 2.45) is 11.3 Å². The quantitative estimate of drug-likeness (QED) is 0.445. The molecule has 1 aliphatic carbocycles. The number of nitrogens with zero attached hydrogens (tertiary/aromatic N) is 2.